The van der Waals surface area contributed by atoms with E-state index in [0.717, 1.165) is 42.8 Å². The number of hydrogen-bond donors (Lipinski definition) is 2. The van der Waals surface area contributed by atoms with Crippen LogP contribution in [0.2, 0.25) is 0 Å². The summed E-state index contributed by atoms with van der Waals surface area (Å²) in [6, 6.07) is 6.14. The van der Waals surface area contributed by atoms with Gasteiger partial charge in [0.25, 0.3) is 0 Å². The fraction of sp³-hybridized carbons (Fsp3) is 0.562. The predicted molar refractivity (Wildman–Crippen MR) is 80.0 cm³/mol. The van der Waals surface area contributed by atoms with Crippen LogP contribution < -0.4 is 15.4 Å². The van der Waals surface area contributed by atoms with Gasteiger partial charge >= 0.3 is 0 Å². The molecule has 2 rings (SSSR count). The van der Waals surface area contributed by atoms with Crippen LogP contribution in [0.5, 0.6) is 5.75 Å². The number of para-hydroxylation sites is 1. The number of hydrogen-bond acceptors (Lipinski definition) is 3. The van der Waals surface area contributed by atoms with E-state index < -0.39 is 0 Å². The molecule has 0 radical (unpaired) electrons. The highest BCUT2D eigenvalue weighted by atomic mass is 16.5. The Balaban J connectivity index is 1.65. The van der Waals surface area contributed by atoms with Gasteiger partial charge in [0.15, 0.2) is 0 Å². The average molecular weight is 276 g/mol. The second-order valence-corrected chi connectivity index (χ2v) is 5.40. The minimum atomic E-state index is 0.148. The summed E-state index contributed by atoms with van der Waals surface area (Å²) in [5.41, 5.74) is 2.32. The van der Waals surface area contributed by atoms with Gasteiger partial charge in [-0.3, -0.25) is 4.79 Å². The highest BCUT2D eigenvalue weighted by molar-refractivity contribution is 5.79. The van der Waals surface area contributed by atoms with Crippen LogP contribution in [0, 0.1) is 19.8 Å². The summed E-state index contributed by atoms with van der Waals surface area (Å²) >= 11 is 0. The van der Waals surface area contributed by atoms with Gasteiger partial charge < -0.3 is 15.4 Å². The second kappa shape index (κ2) is 7.29. The number of amides is 1. The molecule has 1 aromatic carbocycles. The molecule has 1 aromatic rings. The summed E-state index contributed by atoms with van der Waals surface area (Å²) in [6.45, 7) is 7.18. The largest absolute Gasteiger partial charge is 0.493 e. The monoisotopic (exact) mass is 276 g/mol. The second-order valence-electron chi connectivity index (χ2n) is 5.40. The molecule has 1 saturated heterocycles. The molecule has 0 saturated carbocycles. The van der Waals surface area contributed by atoms with Gasteiger partial charge in [0, 0.05) is 13.1 Å². The Morgan fingerprint density at radius 1 is 1.40 bits per heavy atom. The van der Waals surface area contributed by atoms with Crippen molar-refractivity contribution in [3.63, 3.8) is 0 Å². The molecule has 0 aliphatic carbocycles. The number of aryl methyl sites for hydroxylation is 2. The minimum absolute atomic E-state index is 0.148. The van der Waals surface area contributed by atoms with E-state index in [4.69, 9.17) is 4.74 Å². The summed E-state index contributed by atoms with van der Waals surface area (Å²) < 4.78 is 5.81. The van der Waals surface area contributed by atoms with Gasteiger partial charge in [-0.1, -0.05) is 18.2 Å². The van der Waals surface area contributed by atoms with Gasteiger partial charge in [0.2, 0.25) is 5.91 Å². The summed E-state index contributed by atoms with van der Waals surface area (Å²) in [6.07, 6.45) is 1.78. The van der Waals surface area contributed by atoms with Crippen molar-refractivity contribution in [2.45, 2.75) is 26.7 Å². The van der Waals surface area contributed by atoms with Gasteiger partial charge in [-0.25, -0.2) is 0 Å². The summed E-state index contributed by atoms with van der Waals surface area (Å²) in [5.74, 6) is 1.29. The third-order valence-corrected chi connectivity index (χ3v) is 3.71. The van der Waals surface area contributed by atoms with Crippen molar-refractivity contribution in [1.82, 2.24) is 10.6 Å². The lowest BCUT2D eigenvalue weighted by molar-refractivity contribution is -0.124. The molecule has 4 nitrogen and oxygen atoms in total. The topological polar surface area (TPSA) is 50.4 Å². The first-order valence-electron chi connectivity index (χ1n) is 7.36. The molecule has 1 aliphatic heterocycles. The molecule has 110 valence electrons. The first kappa shape index (κ1) is 14.9. The predicted octanol–water partition coefficient (Wildman–Crippen LogP) is 1.80. The number of benzene rings is 1. The van der Waals surface area contributed by atoms with Crippen molar-refractivity contribution in [2.24, 2.45) is 5.92 Å². The lowest BCUT2D eigenvalue weighted by Crippen LogP contribution is -2.33. The highest BCUT2D eigenvalue weighted by Gasteiger charge is 2.21. The lowest BCUT2D eigenvalue weighted by Gasteiger charge is -2.13. The number of nitrogens with one attached hydrogen (secondary N) is 2. The Hall–Kier alpha value is -1.55. The third-order valence-electron chi connectivity index (χ3n) is 3.71. The van der Waals surface area contributed by atoms with E-state index >= 15 is 0 Å². The van der Waals surface area contributed by atoms with E-state index in [0.29, 0.717) is 13.2 Å². The Morgan fingerprint density at radius 2 is 2.15 bits per heavy atom. The maximum absolute atomic E-state index is 11.8. The summed E-state index contributed by atoms with van der Waals surface area (Å²) in [7, 11) is 0. The molecule has 20 heavy (non-hydrogen) atoms. The van der Waals surface area contributed by atoms with Crippen LogP contribution in [0.3, 0.4) is 0 Å². The Labute approximate surface area is 120 Å². The van der Waals surface area contributed by atoms with Crippen molar-refractivity contribution in [3.05, 3.63) is 29.3 Å². The van der Waals surface area contributed by atoms with Crippen LogP contribution in [0.1, 0.15) is 24.0 Å². The molecule has 2 N–H and O–H groups in total. The zero-order valence-corrected chi connectivity index (χ0v) is 12.4. The van der Waals surface area contributed by atoms with Crippen LogP contribution in [-0.4, -0.2) is 32.1 Å². The van der Waals surface area contributed by atoms with E-state index in [1.165, 1.54) is 0 Å². The fourth-order valence-corrected chi connectivity index (χ4v) is 2.51. The highest BCUT2D eigenvalue weighted by Crippen LogP contribution is 2.22. The molecule has 4 heteroatoms. The van der Waals surface area contributed by atoms with E-state index in [1.807, 2.05) is 6.07 Å². The van der Waals surface area contributed by atoms with Crippen LogP contribution in [-0.2, 0) is 4.79 Å². The van der Waals surface area contributed by atoms with Crippen molar-refractivity contribution in [2.75, 3.05) is 26.2 Å². The van der Waals surface area contributed by atoms with Crippen LogP contribution >= 0.6 is 0 Å². The maximum Gasteiger partial charge on any atom is 0.224 e. The lowest BCUT2D eigenvalue weighted by atomic mass is 10.1. The van der Waals surface area contributed by atoms with E-state index in [-0.39, 0.29) is 11.8 Å². The Morgan fingerprint density at radius 3 is 2.80 bits per heavy atom. The molecule has 1 fully saturated rings. The molecular formula is C16H24N2O2. The van der Waals surface area contributed by atoms with Gasteiger partial charge in [-0.2, -0.15) is 0 Å². The first-order valence-corrected chi connectivity index (χ1v) is 7.36. The van der Waals surface area contributed by atoms with Gasteiger partial charge in [0.1, 0.15) is 5.75 Å². The molecular weight excluding hydrogens is 252 g/mol. The summed E-state index contributed by atoms with van der Waals surface area (Å²) in [5, 5.41) is 6.18. The fourth-order valence-electron chi connectivity index (χ4n) is 2.51. The van der Waals surface area contributed by atoms with Crippen molar-refractivity contribution in [3.8, 4) is 5.75 Å². The van der Waals surface area contributed by atoms with Gasteiger partial charge in [-0.05, 0) is 44.4 Å². The standard InChI is InChI=1S/C16H24N2O2/c1-12-5-3-6-13(2)15(12)20-10-4-8-18-16(19)14-7-9-17-11-14/h3,5-6,14,17H,4,7-11H2,1-2H3,(H,18,19)/t14-/m1/s1. The van der Waals surface area contributed by atoms with Crippen LogP contribution in [0.4, 0.5) is 0 Å². The van der Waals surface area contributed by atoms with Crippen LogP contribution in [0.25, 0.3) is 0 Å². The molecule has 1 heterocycles. The van der Waals surface area contributed by atoms with Crippen molar-refractivity contribution < 1.29 is 9.53 Å². The molecule has 1 atom stereocenters. The molecule has 0 aromatic heterocycles. The van der Waals surface area contributed by atoms with Gasteiger partial charge in [0.05, 0.1) is 12.5 Å². The average Bonchev–Trinajstić information content (AvgIpc) is 2.95. The zero-order chi connectivity index (χ0) is 14.4. The Kier molecular flexibility index (Phi) is 5.41. The van der Waals surface area contributed by atoms with E-state index in [2.05, 4.69) is 36.6 Å². The molecule has 0 spiro atoms. The molecule has 1 aliphatic rings. The Bertz CT molecular complexity index is 434. The normalized spacial score (nSPS) is 18.0. The van der Waals surface area contributed by atoms with Crippen molar-refractivity contribution in [1.29, 1.82) is 0 Å². The summed E-state index contributed by atoms with van der Waals surface area (Å²) in [4.78, 5) is 11.8. The SMILES string of the molecule is Cc1cccc(C)c1OCCCNC(=O)[C@@H]1CCNC1. The van der Waals surface area contributed by atoms with E-state index in [9.17, 15) is 4.79 Å². The third kappa shape index (κ3) is 3.97. The molecule has 0 bridgehead atoms. The van der Waals surface area contributed by atoms with Gasteiger partial charge in [-0.15, -0.1) is 0 Å². The van der Waals surface area contributed by atoms with Crippen molar-refractivity contribution >= 4 is 5.91 Å². The van der Waals surface area contributed by atoms with Crippen LogP contribution in [0.15, 0.2) is 18.2 Å². The number of rotatable bonds is 6. The molecule has 1 amide bonds. The number of carbonyl (C=O) groups excluding carboxylic acids is 1. The zero-order valence-electron chi connectivity index (χ0n) is 12.4. The van der Waals surface area contributed by atoms with E-state index in [1.54, 1.807) is 0 Å². The smallest absolute Gasteiger partial charge is 0.224 e. The number of carbonyl (C=O) groups is 1. The minimum Gasteiger partial charge on any atom is -0.493 e. The maximum atomic E-state index is 11.8. The molecule has 0 unspecified atom stereocenters. The quantitative estimate of drug-likeness (QED) is 0.779. The first-order chi connectivity index (χ1) is 9.68. The number of ether oxygens (including phenoxy) is 1.